The molecule has 172 valence electrons. The number of carbonyl (C=O) groups excluding carboxylic acids is 3. The smallest absolute Gasteiger partial charge is 0.315 e. The van der Waals surface area contributed by atoms with Crippen LogP contribution in [-0.2, 0) is 14.3 Å². The summed E-state index contributed by atoms with van der Waals surface area (Å²) in [5.74, 6) is 0.136. The van der Waals surface area contributed by atoms with Crippen LogP contribution in [0.1, 0.15) is 51.4 Å². The molecule has 1 aliphatic carbocycles. The van der Waals surface area contributed by atoms with Gasteiger partial charge in [0.25, 0.3) is 0 Å². The van der Waals surface area contributed by atoms with Crippen molar-refractivity contribution in [1.82, 2.24) is 25.8 Å². The molecule has 9 heteroatoms. The van der Waals surface area contributed by atoms with Crippen molar-refractivity contribution in [3.05, 3.63) is 0 Å². The predicted molar refractivity (Wildman–Crippen MR) is 115 cm³/mol. The van der Waals surface area contributed by atoms with Crippen LogP contribution >= 0.6 is 0 Å². The number of nitrogens with zero attached hydrogens (tertiary/aromatic N) is 2. The number of carbonyl (C=O) groups is 3. The Kier molecular flexibility index (Phi) is 11.5. The summed E-state index contributed by atoms with van der Waals surface area (Å²) in [6.07, 6.45) is 7.64. The quantitative estimate of drug-likeness (QED) is 0.423. The van der Waals surface area contributed by atoms with E-state index in [0.717, 1.165) is 19.3 Å². The van der Waals surface area contributed by atoms with E-state index >= 15 is 0 Å². The van der Waals surface area contributed by atoms with Gasteiger partial charge in [-0.25, -0.2) is 4.79 Å². The lowest BCUT2D eigenvalue weighted by Gasteiger charge is -2.34. The zero-order chi connectivity index (χ0) is 21.6. The number of piperazine rings is 1. The second kappa shape index (κ2) is 14.2. The largest absolute Gasteiger partial charge is 0.385 e. The molecule has 0 radical (unpaired) electrons. The minimum atomic E-state index is -0.122. The Morgan fingerprint density at radius 3 is 2.33 bits per heavy atom. The third-order valence-electron chi connectivity index (χ3n) is 5.73. The van der Waals surface area contributed by atoms with Gasteiger partial charge in [0, 0.05) is 65.4 Å². The number of urea groups is 1. The van der Waals surface area contributed by atoms with E-state index in [9.17, 15) is 14.4 Å². The Labute approximate surface area is 180 Å². The third kappa shape index (κ3) is 9.75. The highest BCUT2D eigenvalue weighted by Crippen LogP contribution is 2.17. The zero-order valence-electron chi connectivity index (χ0n) is 18.4. The van der Waals surface area contributed by atoms with Crippen LogP contribution in [0.25, 0.3) is 0 Å². The number of hydrogen-bond donors (Lipinski definition) is 3. The molecule has 2 rings (SSSR count). The van der Waals surface area contributed by atoms with E-state index in [2.05, 4.69) is 20.9 Å². The van der Waals surface area contributed by atoms with Crippen LogP contribution < -0.4 is 16.0 Å². The summed E-state index contributed by atoms with van der Waals surface area (Å²) >= 11 is 0. The predicted octanol–water partition coefficient (Wildman–Crippen LogP) is 0.695. The summed E-state index contributed by atoms with van der Waals surface area (Å²) in [6.45, 7) is 4.84. The van der Waals surface area contributed by atoms with Crippen LogP contribution in [0.5, 0.6) is 0 Å². The van der Waals surface area contributed by atoms with Crippen molar-refractivity contribution in [2.24, 2.45) is 0 Å². The minimum absolute atomic E-state index is 0.0171. The van der Waals surface area contributed by atoms with E-state index < -0.39 is 0 Å². The van der Waals surface area contributed by atoms with E-state index in [4.69, 9.17) is 4.74 Å². The fourth-order valence-corrected chi connectivity index (χ4v) is 3.94. The monoisotopic (exact) mass is 425 g/mol. The fourth-order valence-electron chi connectivity index (χ4n) is 3.94. The van der Waals surface area contributed by atoms with Crippen LogP contribution in [0.15, 0.2) is 0 Å². The van der Waals surface area contributed by atoms with Crippen molar-refractivity contribution in [3.8, 4) is 0 Å². The van der Waals surface area contributed by atoms with Crippen molar-refractivity contribution in [3.63, 3.8) is 0 Å². The maximum Gasteiger partial charge on any atom is 0.315 e. The first kappa shape index (κ1) is 24.4. The maximum absolute atomic E-state index is 12.4. The van der Waals surface area contributed by atoms with E-state index in [0.29, 0.717) is 71.3 Å². The molecular formula is C21H39N5O4. The number of hydrogen-bond acceptors (Lipinski definition) is 5. The Hall–Kier alpha value is -1.87. The summed E-state index contributed by atoms with van der Waals surface area (Å²) in [6, 6.07) is 0.174. The van der Waals surface area contributed by atoms with Crippen molar-refractivity contribution in [1.29, 1.82) is 0 Å². The SMILES string of the molecule is COCCCNC(=O)CN1CCN(C(=O)CCCNC(=O)NC2CCCCC2)CC1. The lowest BCUT2D eigenvalue weighted by molar-refractivity contribution is -0.133. The van der Waals surface area contributed by atoms with Gasteiger partial charge in [0.1, 0.15) is 0 Å². The first-order valence-corrected chi connectivity index (χ1v) is 11.4. The molecule has 30 heavy (non-hydrogen) atoms. The molecule has 3 N–H and O–H groups in total. The molecule has 0 unspecified atom stereocenters. The third-order valence-corrected chi connectivity index (χ3v) is 5.73. The van der Waals surface area contributed by atoms with Gasteiger partial charge in [-0.1, -0.05) is 19.3 Å². The van der Waals surface area contributed by atoms with Gasteiger partial charge in [-0.2, -0.15) is 0 Å². The molecule has 4 amide bonds. The van der Waals surface area contributed by atoms with Crippen LogP contribution in [0, 0.1) is 0 Å². The minimum Gasteiger partial charge on any atom is -0.385 e. The molecule has 0 bridgehead atoms. The van der Waals surface area contributed by atoms with Gasteiger partial charge in [-0.3, -0.25) is 14.5 Å². The summed E-state index contributed by atoms with van der Waals surface area (Å²) < 4.78 is 4.96. The van der Waals surface area contributed by atoms with E-state index in [1.165, 1.54) is 19.3 Å². The first-order chi connectivity index (χ1) is 14.6. The second-order valence-electron chi connectivity index (χ2n) is 8.19. The summed E-state index contributed by atoms with van der Waals surface area (Å²) in [7, 11) is 1.65. The Morgan fingerprint density at radius 2 is 1.63 bits per heavy atom. The van der Waals surface area contributed by atoms with Gasteiger partial charge in [0.15, 0.2) is 0 Å². The van der Waals surface area contributed by atoms with Gasteiger partial charge in [-0.05, 0) is 25.7 Å². The fraction of sp³-hybridized carbons (Fsp3) is 0.857. The molecule has 2 fully saturated rings. The van der Waals surface area contributed by atoms with Crippen molar-refractivity contribution in [2.45, 2.75) is 57.4 Å². The van der Waals surface area contributed by atoms with Gasteiger partial charge in [-0.15, -0.1) is 0 Å². The summed E-state index contributed by atoms with van der Waals surface area (Å²) in [5.41, 5.74) is 0. The standard InChI is InChI=1S/C21H39N5O4/c1-30-16-6-11-22-19(27)17-25-12-14-26(15-13-25)20(28)9-5-10-23-21(29)24-18-7-3-2-4-8-18/h18H,2-17H2,1H3,(H,22,27)(H2,23,24,29). The molecular weight excluding hydrogens is 386 g/mol. The zero-order valence-corrected chi connectivity index (χ0v) is 18.4. The van der Waals surface area contributed by atoms with Gasteiger partial charge in [0.2, 0.25) is 11.8 Å². The summed E-state index contributed by atoms with van der Waals surface area (Å²) in [4.78, 5) is 40.2. The van der Waals surface area contributed by atoms with Crippen LogP contribution in [0.2, 0.25) is 0 Å². The molecule has 1 saturated heterocycles. The van der Waals surface area contributed by atoms with E-state index in [1.807, 2.05) is 4.90 Å². The molecule has 0 aromatic heterocycles. The van der Waals surface area contributed by atoms with Gasteiger partial charge < -0.3 is 25.6 Å². The van der Waals surface area contributed by atoms with E-state index in [1.54, 1.807) is 7.11 Å². The number of nitrogens with one attached hydrogen (secondary N) is 3. The Morgan fingerprint density at radius 1 is 0.933 bits per heavy atom. The molecule has 1 saturated carbocycles. The molecule has 1 aliphatic heterocycles. The molecule has 2 aliphatic rings. The lowest BCUT2D eigenvalue weighted by Crippen LogP contribution is -2.51. The number of amides is 4. The number of methoxy groups -OCH3 is 1. The van der Waals surface area contributed by atoms with Crippen LogP contribution in [0.3, 0.4) is 0 Å². The van der Waals surface area contributed by atoms with E-state index in [-0.39, 0.29) is 17.8 Å². The average molecular weight is 426 g/mol. The molecule has 9 nitrogen and oxygen atoms in total. The number of rotatable bonds is 11. The molecule has 0 atom stereocenters. The highest BCUT2D eigenvalue weighted by Gasteiger charge is 2.22. The number of ether oxygens (including phenoxy) is 1. The topological polar surface area (TPSA) is 103 Å². The Bertz CT molecular complexity index is 531. The van der Waals surface area contributed by atoms with Crippen molar-refractivity contribution < 1.29 is 19.1 Å². The van der Waals surface area contributed by atoms with Gasteiger partial charge in [0.05, 0.1) is 6.54 Å². The van der Waals surface area contributed by atoms with Crippen LogP contribution in [-0.4, -0.2) is 93.2 Å². The second-order valence-corrected chi connectivity index (χ2v) is 8.19. The highest BCUT2D eigenvalue weighted by atomic mass is 16.5. The maximum atomic E-state index is 12.4. The lowest BCUT2D eigenvalue weighted by atomic mass is 9.96. The molecule has 1 heterocycles. The first-order valence-electron chi connectivity index (χ1n) is 11.4. The normalized spacial score (nSPS) is 18.1. The Balaban J connectivity index is 1.50. The average Bonchev–Trinajstić information content (AvgIpc) is 2.75. The summed E-state index contributed by atoms with van der Waals surface area (Å²) in [5, 5.41) is 8.77. The molecule has 0 aromatic carbocycles. The molecule has 0 spiro atoms. The molecule has 0 aromatic rings. The highest BCUT2D eigenvalue weighted by molar-refractivity contribution is 5.78. The van der Waals surface area contributed by atoms with Crippen molar-refractivity contribution in [2.75, 3.05) is 59.5 Å². The van der Waals surface area contributed by atoms with Crippen LogP contribution in [0.4, 0.5) is 4.79 Å². The van der Waals surface area contributed by atoms with Gasteiger partial charge >= 0.3 is 6.03 Å². The van der Waals surface area contributed by atoms with Crippen molar-refractivity contribution >= 4 is 17.8 Å².